The normalized spacial score (nSPS) is 10.6. The molecule has 1 aromatic rings. The number of hydrogen-bond acceptors (Lipinski definition) is 2. The average Bonchev–Trinajstić information content (AvgIpc) is 2.31. The topological polar surface area (TPSA) is 37.3 Å². The highest BCUT2D eigenvalue weighted by Gasteiger charge is 1.95. The van der Waals surface area contributed by atoms with Crippen molar-refractivity contribution in [2.45, 2.75) is 0 Å². The molecule has 0 amide bonds. The van der Waals surface area contributed by atoms with E-state index < -0.39 is 5.97 Å². The van der Waals surface area contributed by atoms with Gasteiger partial charge in [0.05, 0.1) is 0 Å². The van der Waals surface area contributed by atoms with Crippen LogP contribution in [-0.2, 0) is 4.79 Å². The van der Waals surface area contributed by atoms with Gasteiger partial charge in [-0.2, -0.15) is 11.3 Å². The number of aliphatic carboxylic acids is 1. The third-order valence-electron chi connectivity index (χ3n) is 1.05. The molecule has 1 aromatic heterocycles. The van der Waals surface area contributed by atoms with Gasteiger partial charge in [-0.25, -0.2) is 4.79 Å². The van der Waals surface area contributed by atoms with Crippen molar-refractivity contribution in [3.63, 3.8) is 0 Å². The Morgan fingerprint density at radius 2 is 2.36 bits per heavy atom. The summed E-state index contributed by atoms with van der Waals surface area (Å²) >= 11 is 4.81. The predicted molar refractivity (Wildman–Crippen MR) is 48.7 cm³/mol. The van der Waals surface area contributed by atoms with Gasteiger partial charge in [-0.1, -0.05) is 0 Å². The largest absolute Gasteiger partial charge is 0.478 e. The Labute approximate surface area is 76.3 Å². The van der Waals surface area contributed by atoms with Crippen LogP contribution in [0.1, 0.15) is 5.56 Å². The first kappa shape index (κ1) is 8.49. The molecule has 0 aliphatic rings. The minimum absolute atomic E-state index is 0.900. The van der Waals surface area contributed by atoms with Crippen LogP contribution >= 0.6 is 27.3 Å². The summed E-state index contributed by atoms with van der Waals surface area (Å²) in [5, 5.41) is 12.1. The Morgan fingerprint density at radius 1 is 1.64 bits per heavy atom. The first-order chi connectivity index (χ1) is 5.20. The smallest absolute Gasteiger partial charge is 0.328 e. The molecule has 0 saturated heterocycles. The van der Waals surface area contributed by atoms with Crippen molar-refractivity contribution in [2.24, 2.45) is 0 Å². The van der Waals surface area contributed by atoms with Crippen LogP contribution in [0.2, 0.25) is 0 Å². The maximum atomic E-state index is 10.1. The van der Waals surface area contributed by atoms with E-state index in [-0.39, 0.29) is 0 Å². The summed E-state index contributed by atoms with van der Waals surface area (Å²) in [4.78, 5) is 10.1. The molecule has 0 aliphatic carbocycles. The molecule has 58 valence electrons. The van der Waals surface area contributed by atoms with Crippen molar-refractivity contribution in [2.75, 3.05) is 0 Å². The van der Waals surface area contributed by atoms with E-state index in [1.807, 2.05) is 10.8 Å². The monoisotopic (exact) mass is 232 g/mol. The number of carbonyl (C=O) groups is 1. The number of carboxylic acid groups (broad SMARTS) is 1. The fraction of sp³-hybridized carbons (Fsp3) is 0. The maximum absolute atomic E-state index is 10.1. The molecule has 11 heavy (non-hydrogen) atoms. The van der Waals surface area contributed by atoms with Gasteiger partial charge in [0.1, 0.15) is 0 Å². The quantitative estimate of drug-likeness (QED) is 0.797. The van der Waals surface area contributed by atoms with Crippen LogP contribution in [0.15, 0.2) is 21.3 Å². The Balaban J connectivity index is 2.79. The Morgan fingerprint density at radius 3 is 2.82 bits per heavy atom. The van der Waals surface area contributed by atoms with Crippen molar-refractivity contribution < 1.29 is 9.90 Å². The lowest BCUT2D eigenvalue weighted by atomic mass is 10.3. The summed E-state index contributed by atoms with van der Waals surface area (Å²) in [6.45, 7) is 0. The van der Waals surface area contributed by atoms with Gasteiger partial charge >= 0.3 is 5.97 Å². The van der Waals surface area contributed by atoms with Crippen molar-refractivity contribution in [3.8, 4) is 0 Å². The summed E-state index contributed by atoms with van der Waals surface area (Å²) in [7, 11) is 0. The lowest BCUT2D eigenvalue weighted by molar-refractivity contribution is -0.131. The Bertz CT molecular complexity index is 290. The van der Waals surface area contributed by atoms with Crippen LogP contribution < -0.4 is 0 Å². The molecule has 2 nitrogen and oxygen atoms in total. The van der Waals surface area contributed by atoms with Gasteiger partial charge in [-0.15, -0.1) is 0 Å². The van der Waals surface area contributed by atoms with E-state index in [2.05, 4.69) is 15.9 Å². The molecule has 0 aromatic carbocycles. The second-order valence-corrected chi connectivity index (χ2v) is 3.44. The number of rotatable bonds is 2. The van der Waals surface area contributed by atoms with Gasteiger partial charge in [0.2, 0.25) is 0 Å². The van der Waals surface area contributed by atoms with Gasteiger partial charge in [-0.05, 0) is 32.9 Å². The number of hydrogen-bond donors (Lipinski definition) is 1. The Hall–Kier alpha value is -0.610. The van der Waals surface area contributed by atoms with Crippen molar-refractivity contribution >= 4 is 39.3 Å². The minimum Gasteiger partial charge on any atom is -0.478 e. The molecular weight excluding hydrogens is 228 g/mol. The number of halogens is 1. The fourth-order valence-electron chi connectivity index (χ4n) is 0.571. The molecule has 0 saturated carbocycles. The maximum Gasteiger partial charge on any atom is 0.328 e. The van der Waals surface area contributed by atoms with Gasteiger partial charge in [-0.3, -0.25) is 0 Å². The van der Waals surface area contributed by atoms with Crippen LogP contribution in [0.3, 0.4) is 0 Å². The van der Waals surface area contributed by atoms with Crippen LogP contribution in [0, 0.1) is 0 Å². The van der Waals surface area contributed by atoms with Crippen LogP contribution in [0.4, 0.5) is 0 Å². The van der Waals surface area contributed by atoms with Gasteiger partial charge in [0, 0.05) is 15.9 Å². The van der Waals surface area contributed by atoms with E-state index >= 15 is 0 Å². The third-order valence-corrected chi connectivity index (χ3v) is 2.80. The highest BCUT2D eigenvalue weighted by molar-refractivity contribution is 9.10. The first-order valence-electron chi connectivity index (χ1n) is 2.83. The highest BCUT2D eigenvalue weighted by atomic mass is 79.9. The van der Waals surface area contributed by atoms with E-state index in [0.717, 1.165) is 16.1 Å². The molecule has 0 fully saturated rings. The first-order valence-corrected chi connectivity index (χ1v) is 4.56. The summed E-state index contributed by atoms with van der Waals surface area (Å²) in [6, 6.07) is 0. The summed E-state index contributed by atoms with van der Waals surface area (Å²) in [6.07, 6.45) is 2.68. The predicted octanol–water partition coefficient (Wildman–Crippen LogP) is 2.61. The Kier molecular flexibility index (Phi) is 2.84. The average molecular weight is 233 g/mol. The van der Waals surface area contributed by atoms with E-state index in [4.69, 9.17) is 5.11 Å². The fourth-order valence-corrected chi connectivity index (χ4v) is 1.97. The summed E-state index contributed by atoms with van der Waals surface area (Å²) in [5.74, 6) is -0.928. The second-order valence-electron chi connectivity index (χ2n) is 1.85. The molecule has 0 spiro atoms. The van der Waals surface area contributed by atoms with Crippen LogP contribution in [0.5, 0.6) is 0 Å². The van der Waals surface area contributed by atoms with Crippen molar-refractivity contribution in [1.82, 2.24) is 0 Å². The zero-order valence-electron chi connectivity index (χ0n) is 5.45. The zero-order valence-corrected chi connectivity index (χ0v) is 7.85. The molecule has 0 radical (unpaired) electrons. The standard InChI is InChI=1S/C7H5BrO2S/c8-6-4-11-3-5(6)1-2-7(9)10/h1-4H,(H,9,10)/b2-1+. The third kappa shape index (κ3) is 2.48. The number of thiophene rings is 1. The van der Waals surface area contributed by atoms with Crippen molar-refractivity contribution in [3.05, 3.63) is 26.9 Å². The summed E-state index contributed by atoms with van der Waals surface area (Å²) in [5.41, 5.74) is 0.900. The molecular formula is C7H5BrO2S. The molecule has 4 heteroatoms. The molecule has 0 unspecified atom stereocenters. The molecule has 0 bridgehead atoms. The van der Waals surface area contributed by atoms with Gasteiger partial charge in [0.25, 0.3) is 0 Å². The van der Waals surface area contributed by atoms with Crippen LogP contribution in [0.25, 0.3) is 6.08 Å². The van der Waals surface area contributed by atoms with Gasteiger partial charge < -0.3 is 5.11 Å². The molecule has 1 rings (SSSR count). The highest BCUT2D eigenvalue weighted by Crippen LogP contribution is 2.22. The zero-order chi connectivity index (χ0) is 8.27. The molecule has 1 heterocycles. The van der Waals surface area contributed by atoms with E-state index in [9.17, 15) is 4.79 Å². The molecule has 0 atom stereocenters. The van der Waals surface area contributed by atoms with E-state index in [0.29, 0.717) is 0 Å². The van der Waals surface area contributed by atoms with Crippen LogP contribution in [-0.4, -0.2) is 11.1 Å². The summed E-state index contributed by atoms with van der Waals surface area (Å²) < 4.78 is 0.931. The lowest BCUT2D eigenvalue weighted by Crippen LogP contribution is -1.84. The van der Waals surface area contributed by atoms with E-state index in [1.165, 1.54) is 11.3 Å². The SMILES string of the molecule is O=C(O)/C=C/c1cscc1Br. The molecule has 1 N–H and O–H groups in total. The second kappa shape index (κ2) is 3.69. The van der Waals surface area contributed by atoms with E-state index in [1.54, 1.807) is 6.08 Å². The lowest BCUT2D eigenvalue weighted by Gasteiger charge is -1.84. The van der Waals surface area contributed by atoms with Gasteiger partial charge in [0.15, 0.2) is 0 Å². The molecule has 0 aliphatic heterocycles. The number of carboxylic acids is 1. The minimum atomic E-state index is -0.928. The van der Waals surface area contributed by atoms with Crippen molar-refractivity contribution in [1.29, 1.82) is 0 Å².